The third-order valence-corrected chi connectivity index (χ3v) is 6.59. The van der Waals surface area contributed by atoms with Crippen molar-refractivity contribution < 1.29 is 23.8 Å². The molecule has 1 N–H and O–H groups in total. The first-order valence-electron chi connectivity index (χ1n) is 10.8. The Morgan fingerprint density at radius 1 is 1.31 bits per heavy atom. The fraction of sp³-hybridized carbons (Fsp3) is 0.400. The zero-order valence-electron chi connectivity index (χ0n) is 17.9. The lowest BCUT2D eigenvalue weighted by Crippen LogP contribution is -2.37. The quantitative estimate of drug-likeness (QED) is 0.549. The second kappa shape index (κ2) is 9.19. The van der Waals surface area contributed by atoms with Gasteiger partial charge < -0.3 is 14.7 Å². The molecule has 0 amide bonds. The van der Waals surface area contributed by atoms with Crippen molar-refractivity contribution in [1.29, 1.82) is 5.26 Å². The smallest absolute Gasteiger partial charge is 0.338 e. The second-order valence-electron chi connectivity index (χ2n) is 8.58. The number of β-amino-alcohol motifs (C(OH)–C–C–N with tert-alkyl or cyclic N) is 1. The molecule has 7 heteroatoms. The zero-order chi connectivity index (χ0) is 22.8. The number of nitriles is 1. The molecule has 0 aliphatic carbocycles. The molecule has 6 nitrogen and oxygen atoms in total. The number of carbonyl (C=O) groups excluding carboxylic acids is 2. The van der Waals surface area contributed by atoms with Crippen molar-refractivity contribution in [3.8, 4) is 6.07 Å². The molecule has 0 saturated carbocycles. The number of benzene rings is 2. The predicted octanol–water partition coefficient (Wildman–Crippen LogP) is 3.69. The lowest BCUT2D eigenvalue weighted by atomic mass is 9.89. The molecule has 1 atom stereocenters. The molecular formula is C25H25FN2O4. The molecular weight excluding hydrogens is 411 g/mol. The molecule has 2 aromatic rings. The Hall–Kier alpha value is -3.08. The number of ketones is 1. The van der Waals surface area contributed by atoms with Crippen LogP contribution in [-0.2, 0) is 11.3 Å². The number of fused-ring (bicyclic) bond motifs is 1. The number of rotatable bonds is 6. The number of esters is 1. The van der Waals surface area contributed by atoms with Crippen LogP contribution in [-0.4, -0.2) is 41.4 Å². The molecule has 2 aliphatic rings. The van der Waals surface area contributed by atoms with Gasteiger partial charge in [-0.15, -0.1) is 0 Å². The molecule has 166 valence electrons. The number of cyclic esters (lactones) is 1. The van der Waals surface area contributed by atoms with E-state index in [0.29, 0.717) is 24.1 Å². The van der Waals surface area contributed by atoms with Crippen LogP contribution in [0.3, 0.4) is 0 Å². The van der Waals surface area contributed by atoms with Crippen LogP contribution in [0.5, 0.6) is 0 Å². The molecule has 2 aliphatic heterocycles. The minimum absolute atomic E-state index is 0.0638. The van der Waals surface area contributed by atoms with Crippen LogP contribution in [0.15, 0.2) is 30.3 Å². The van der Waals surface area contributed by atoms with Gasteiger partial charge in [-0.1, -0.05) is 6.07 Å². The Kier molecular flexibility index (Phi) is 6.35. The van der Waals surface area contributed by atoms with Crippen LogP contribution < -0.4 is 0 Å². The first kappa shape index (κ1) is 22.1. The van der Waals surface area contributed by atoms with E-state index in [2.05, 4.69) is 4.90 Å². The molecule has 32 heavy (non-hydrogen) atoms. The highest BCUT2D eigenvalue weighted by molar-refractivity contribution is 5.96. The van der Waals surface area contributed by atoms with Gasteiger partial charge in [0.25, 0.3) is 0 Å². The van der Waals surface area contributed by atoms with Crippen molar-refractivity contribution in [2.24, 2.45) is 5.92 Å². The number of aliphatic hydroxyl groups is 1. The van der Waals surface area contributed by atoms with Crippen LogP contribution in [0.4, 0.5) is 4.39 Å². The number of hydrogen-bond acceptors (Lipinski definition) is 6. The van der Waals surface area contributed by atoms with Gasteiger partial charge in [-0.05, 0) is 74.2 Å². The van der Waals surface area contributed by atoms with Crippen molar-refractivity contribution in [3.63, 3.8) is 0 Å². The number of likely N-dealkylation sites (tertiary alicyclic amines) is 1. The molecule has 0 aromatic heterocycles. The Bertz CT molecular complexity index is 1100. The Morgan fingerprint density at radius 3 is 2.75 bits per heavy atom. The largest absolute Gasteiger partial charge is 0.457 e. The molecule has 0 radical (unpaired) electrons. The van der Waals surface area contributed by atoms with E-state index in [1.165, 1.54) is 12.1 Å². The van der Waals surface area contributed by atoms with Crippen LogP contribution in [0.1, 0.15) is 68.3 Å². The fourth-order valence-electron chi connectivity index (χ4n) is 4.60. The summed E-state index contributed by atoms with van der Waals surface area (Å²) in [5.74, 6) is -0.888. The van der Waals surface area contributed by atoms with E-state index < -0.39 is 11.9 Å². The van der Waals surface area contributed by atoms with Crippen LogP contribution in [0, 0.1) is 30.0 Å². The van der Waals surface area contributed by atoms with Crippen LogP contribution >= 0.6 is 0 Å². The first-order chi connectivity index (χ1) is 15.4. The van der Waals surface area contributed by atoms with Crippen molar-refractivity contribution in [1.82, 2.24) is 4.90 Å². The van der Waals surface area contributed by atoms with E-state index in [1.807, 2.05) is 6.92 Å². The highest BCUT2D eigenvalue weighted by Crippen LogP contribution is 2.30. The number of piperidine rings is 1. The molecule has 4 rings (SSSR count). The summed E-state index contributed by atoms with van der Waals surface area (Å²) >= 11 is 0. The summed E-state index contributed by atoms with van der Waals surface area (Å²) in [5, 5.41) is 19.6. The van der Waals surface area contributed by atoms with E-state index >= 15 is 0 Å². The monoisotopic (exact) mass is 436 g/mol. The van der Waals surface area contributed by atoms with Gasteiger partial charge in [0.15, 0.2) is 5.78 Å². The number of carbonyl (C=O) groups is 2. The second-order valence-corrected chi connectivity index (χ2v) is 8.58. The first-order valence-corrected chi connectivity index (χ1v) is 10.8. The van der Waals surface area contributed by atoms with E-state index in [9.17, 15) is 19.1 Å². The van der Waals surface area contributed by atoms with E-state index in [4.69, 9.17) is 10.00 Å². The van der Waals surface area contributed by atoms with Gasteiger partial charge in [-0.3, -0.25) is 4.79 Å². The third-order valence-electron chi connectivity index (χ3n) is 6.59. The summed E-state index contributed by atoms with van der Waals surface area (Å²) in [7, 11) is 0. The predicted molar refractivity (Wildman–Crippen MR) is 114 cm³/mol. The molecule has 1 saturated heterocycles. The summed E-state index contributed by atoms with van der Waals surface area (Å²) in [4.78, 5) is 26.4. The lowest BCUT2D eigenvalue weighted by Gasteiger charge is -2.33. The van der Waals surface area contributed by atoms with Gasteiger partial charge >= 0.3 is 5.97 Å². The van der Waals surface area contributed by atoms with Gasteiger partial charge in [0.05, 0.1) is 17.2 Å². The normalized spacial score (nSPS) is 17.5. The lowest BCUT2D eigenvalue weighted by molar-refractivity contribution is 0.0534. The van der Waals surface area contributed by atoms with Crippen molar-refractivity contribution >= 4 is 11.8 Å². The van der Waals surface area contributed by atoms with Gasteiger partial charge in [0, 0.05) is 24.1 Å². The fourth-order valence-corrected chi connectivity index (χ4v) is 4.60. The standard InChI is InChI=1S/C25H25FN2O4/c1-15-19(4-5-20-21(15)14-32-25(20)31)24(30)13-28-8-6-16(7-9-28)10-23(29)17-2-3-18(12-27)22(26)11-17/h2-5,11,16,24,30H,6-10,13-14H2,1H3. The minimum Gasteiger partial charge on any atom is -0.457 e. The molecule has 2 aromatic carbocycles. The summed E-state index contributed by atoms with van der Waals surface area (Å²) in [6.07, 6.45) is 1.32. The SMILES string of the molecule is Cc1c(C(O)CN2CCC(CC(=O)c3ccc(C#N)c(F)c3)CC2)ccc2c1COC2=O. The molecule has 2 heterocycles. The summed E-state index contributed by atoms with van der Waals surface area (Å²) < 4.78 is 18.9. The van der Waals surface area contributed by atoms with Gasteiger partial charge in [0.1, 0.15) is 18.5 Å². The Morgan fingerprint density at radius 2 is 2.06 bits per heavy atom. The van der Waals surface area contributed by atoms with Crippen molar-refractivity contribution in [2.45, 2.75) is 38.9 Å². The highest BCUT2D eigenvalue weighted by Gasteiger charge is 2.28. The van der Waals surface area contributed by atoms with Gasteiger partial charge in [-0.2, -0.15) is 5.26 Å². The van der Waals surface area contributed by atoms with Crippen LogP contribution in [0.25, 0.3) is 0 Å². The molecule has 1 unspecified atom stereocenters. The average molecular weight is 436 g/mol. The summed E-state index contributed by atoms with van der Waals surface area (Å²) in [5.41, 5.74) is 3.37. The Balaban J connectivity index is 1.31. The number of Topliss-reactive ketones (excluding diaryl/α,β-unsaturated/α-hetero) is 1. The van der Waals surface area contributed by atoms with E-state index in [-0.39, 0.29) is 29.8 Å². The Labute approximate surface area is 186 Å². The number of aliphatic hydroxyl groups excluding tert-OH is 1. The van der Waals surface area contributed by atoms with Crippen LogP contribution in [0.2, 0.25) is 0 Å². The molecule has 0 spiro atoms. The number of nitrogens with zero attached hydrogens (tertiary/aromatic N) is 2. The topological polar surface area (TPSA) is 90.6 Å². The summed E-state index contributed by atoms with van der Waals surface area (Å²) in [6.45, 7) is 4.17. The molecule has 0 bridgehead atoms. The van der Waals surface area contributed by atoms with E-state index in [0.717, 1.165) is 48.7 Å². The highest BCUT2D eigenvalue weighted by atomic mass is 19.1. The van der Waals surface area contributed by atoms with Gasteiger partial charge in [-0.25, -0.2) is 9.18 Å². The van der Waals surface area contributed by atoms with E-state index in [1.54, 1.807) is 18.2 Å². The number of hydrogen-bond donors (Lipinski definition) is 1. The maximum absolute atomic E-state index is 13.8. The zero-order valence-corrected chi connectivity index (χ0v) is 17.9. The van der Waals surface area contributed by atoms with Crippen molar-refractivity contribution in [3.05, 3.63) is 69.5 Å². The summed E-state index contributed by atoms with van der Waals surface area (Å²) in [6, 6.07) is 9.27. The average Bonchev–Trinajstić information content (AvgIpc) is 3.16. The van der Waals surface area contributed by atoms with Crippen molar-refractivity contribution in [2.75, 3.05) is 19.6 Å². The van der Waals surface area contributed by atoms with Gasteiger partial charge in [0.2, 0.25) is 0 Å². The molecule has 1 fully saturated rings. The maximum Gasteiger partial charge on any atom is 0.338 e. The maximum atomic E-state index is 13.8. The number of halogens is 1. The number of ether oxygens (including phenoxy) is 1. The third kappa shape index (κ3) is 4.43. The minimum atomic E-state index is -0.671.